The molecule has 0 bridgehead atoms. The highest BCUT2D eigenvalue weighted by molar-refractivity contribution is 8.27. The summed E-state index contributed by atoms with van der Waals surface area (Å²) in [5.74, 6) is 0. The predicted molar refractivity (Wildman–Crippen MR) is 123 cm³/mol. The van der Waals surface area contributed by atoms with Crippen LogP contribution in [0.1, 0.15) is 18.0 Å². The molecule has 0 spiro atoms. The summed E-state index contributed by atoms with van der Waals surface area (Å²) in [7, 11) is -1.43. The van der Waals surface area contributed by atoms with E-state index in [4.69, 9.17) is 11.6 Å². The molecule has 1 atom stereocenters. The molecule has 0 fully saturated rings. The minimum absolute atomic E-state index is 0.202. The third-order valence-electron chi connectivity index (χ3n) is 5.04. The van der Waals surface area contributed by atoms with Gasteiger partial charge in [0.15, 0.2) is 0 Å². The molecule has 5 nitrogen and oxygen atoms in total. The summed E-state index contributed by atoms with van der Waals surface area (Å²) >= 11 is 6.05. The molecular weight excluding hydrogens is 406 g/mol. The van der Waals surface area contributed by atoms with Crippen LogP contribution in [-0.2, 0) is 0 Å². The first-order valence-corrected chi connectivity index (χ1v) is 11.3. The topological polar surface area (TPSA) is 59.0 Å². The molecule has 0 amide bonds. The van der Waals surface area contributed by atoms with Gasteiger partial charge in [0.05, 0.1) is 23.1 Å². The molecule has 0 unspecified atom stereocenters. The molecule has 7 heteroatoms. The third kappa shape index (κ3) is 3.70. The predicted octanol–water partition coefficient (Wildman–Crippen LogP) is 6.23. The zero-order valence-corrected chi connectivity index (χ0v) is 17.6. The number of nitrogens with zero attached hydrogens (tertiary/aromatic N) is 2. The van der Waals surface area contributed by atoms with Crippen molar-refractivity contribution in [3.05, 3.63) is 89.4 Å². The third-order valence-corrected chi connectivity index (χ3v) is 7.17. The molecule has 1 aliphatic heterocycles. The molecule has 3 aromatic carbocycles. The number of nitrogens with one attached hydrogen (secondary N) is 1. The Morgan fingerprint density at radius 1 is 0.897 bits per heavy atom. The van der Waals surface area contributed by atoms with Crippen molar-refractivity contribution in [2.75, 3.05) is 22.2 Å². The average Bonchev–Trinajstić information content (AvgIpc) is 2.97. The van der Waals surface area contributed by atoms with Gasteiger partial charge in [-0.05, 0) is 72.9 Å². The Labute approximate surface area is 178 Å². The lowest BCUT2D eigenvalue weighted by Crippen LogP contribution is -2.35. The lowest BCUT2D eigenvalue weighted by molar-refractivity contribution is 0.470. The number of halogens is 1. The first-order chi connectivity index (χ1) is 14.0. The molecule has 3 aromatic rings. The van der Waals surface area contributed by atoms with Crippen LogP contribution in [0.15, 0.2) is 78.9 Å². The van der Waals surface area contributed by atoms with Crippen molar-refractivity contribution in [3.63, 3.8) is 0 Å². The number of rotatable bonds is 6. The maximum Gasteiger partial charge on any atom is 0.0896 e. The van der Waals surface area contributed by atoms with E-state index in [1.807, 2.05) is 73.8 Å². The molecular formula is C22H24ClN3O2S. The maximum atomic E-state index is 11.5. The lowest BCUT2D eigenvalue weighted by atomic mass is 10.0. The molecule has 0 aromatic heterocycles. The van der Waals surface area contributed by atoms with Crippen molar-refractivity contribution in [3.8, 4) is 0 Å². The van der Waals surface area contributed by atoms with E-state index in [0.717, 1.165) is 29.9 Å². The number of anilines is 3. The van der Waals surface area contributed by atoms with Gasteiger partial charge in [-0.15, -0.1) is 0 Å². The van der Waals surface area contributed by atoms with Crippen LogP contribution in [0.2, 0.25) is 5.02 Å². The molecule has 0 radical (unpaired) electrons. The molecule has 4 rings (SSSR count). The standard InChI is InChI=1S/C22H24ClN3O2S/c1-24-16-15-20(17-7-3-2-4-8-17)26-22-10-6-5-9-21(22)25(29(26,27)28)19-13-11-18(23)12-14-19/h2-14,20,24,27-28H,15-16H2,1H3/t20-/m1/s1. The summed E-state index contributed by atoms with van der Waals surface area (Å²) in [6.45, 7) is 0.745. The van der Waals surface area contributed by atoms with Gasteiger partial charge >= 0.3 is 0 Å². The second kappa shape index (κ2) is 8.26. The maximum absolute atomic E-state index is 11.5. The first kappa shape index (κ1) is 20.1. The highest BCUT2D eigenvalue weighted by Crippen LogP contribution is 2.66. The van der Waals surface area contributed by atoms with E-state index in [2.05, 4.69) is 5.32 Å². The summed E-state index contributed by atoms with van der Waals surface area (Å²) in [6.07, 6.45) is 0.721. The average molecular weight is 430 g/mol. The highest BCUT2D eigenvalue weighted by Gasteiger charge is 2.45. The van der Waals surface area contributed by atoms with E-state index in [9.17, 15) is 9.11 Å². The van der Waals surface area contributed by atoms with Crippen LogP contribution in [0.5, 0.6) is 0 Å². The van der Waals surface area contributed by atoms with E-state index < -0.39 is 11.0 Å². The van der Waals surface area contributed by atoms with Crippen molar-refractivity contribution in [1.29, 1.82) is 0 Å². The van der Waals surface area contributed by atoms with Gasteiger partial charge in [0, 0.05) is 5.02 Å². The SMILES string of the molecule is CNCC[C@H](c1ccccc1)N1c2ccccc2N(c2ccc(Cl)cc2)S1(O)O. The molecule has 0 saturated heterocycles. The Balaban J connectivity index is 1.85. The molecule has 29 heavy (non-hydrogen) atoms. The normalized spacial score (nSPS) is 17.1. The summed E-state index contributed by atoms with van der Waals surface area (Å²) in [5.41, 5.74) is 3.29. The zero-order chi connectivity index (χ0) is 20.4. The molecule has 3 N–H and O–H groups in total. The van der Waals surface area contributed by atoms with Gasteiger partial charge < -0.3 is 5.32 Å². The minimum Gasteiger partial charge on any atom is -0.320 e. The quantitative estimate of drug-likeness (QED) is 0.433. The Bertz CT molecular complexity index is 969. The van der Waals surface area contributed by atoms with Gasteiger partial charge in [0.2, 0.25) is 0 Å². The summed E-state index contributed by atoms with van der Waals surface area (Å²) in [5, 5.41) is 3.79. The largest absolute Gasteiger partial charge is 0.320 e. The summed E-state index contributed by atoms with van der Waals surface area (Å²) in [6, 6.07) is 24.6. The number of fused-ring (bicyclic) bond motifs is 1. The number of para-hydroxylation sites is 2. The number of hydrogen-bond acceptors (Lipinski definition) is 5. The fraction of sp³-hybridized carbons (Fsp3) is 0.182. The Hall–Kier alpha value is -2.22. The van der Waals surface area contributed by atoms with Gasteiger partial charge in [0.1, 0.15) is 0 Å². The van der Waals surface area contributed by atoms with Crippen molar-refractivity contribution in [2.24, 2.45) is 0 Å². The second-order valence-electron chi connectivity index (χ2n) is 6.89. The van der Waals surface area contributed by atoms with Crippen LogP contribution >= 0.6 is 22.6 Å². The monoisotopic (exact) mass is 429 g/mol. The van der Waals surface area contributed by atoms with Crippen LogP contribution in [-0.4, -0.2) is 22.7 Å². The smallest absolute Gasteiger partial charge is 0.0896 e. The fourth-order valence-corrected chi connectivity index (χ4v) is 5.86. The van der Waals surface area contributed by atoms with Gasteiger partial charge in [0.25, 0.3) is 0 Å². The molecule has 1 heterocycles. The van der Waals surface area contributed by atoms with Crippen LogP contribution in [0.3, 0.4) is 0 Å². The zero-order valence-electron chi connectivity index (χ0n) is 16.1. The van der Waals surface area contributed by atoms with Crippen LogP contribution in [0, 0.1) is 0 Å². The van der Waals surface area contributed by atoms with Gasteiger partial charge in [-0.2, -0.15) is 0 Å². The Morgan fingerprint density at radius 2 is 1.52 bits per heavy atom. The molecule has 0 saturated carbocycles. The highest BCUT2D eigenvalue weighted by atomic mass is 35.5. The van der Waals surface area contributed by atoms with Gasteiger partial charge in [-0.25, -0.2) is 8.61 Å². The number of benzene rings is 3. The fourth-order valence-electron chi connectivity index (χ4n) is 3.75. The molecule has 152 valence electrons. The Kier molecular flexibility index (Phi) is 5.72. The van der Waals surface area contributed by atoms with Crippen molar-refractivity contribution >= 4 is 39.6 Å². The van der Waals surface area contributed by atoms with Crippen LogP contribution in [0.4, 0.5) is 17.1 Å². The minimum atomic E-state index is -3.33. The van der Waals surface area contributed by atoms with E-state index in [1.54, 1.807) is 20.7 Å². The summed E-state index contributed by atoms with van der Waals surface area (Å²) < 4.78 is 26.4. The molecule has 1 aliphatic rings. The van der Waals surface area contributed by atoms with Crippen LogP contribution in [0.25, 0.3) is 0 Å². The van der Waals surface area contributed by atoms with E-state index in [1.165, 1.54) is 0 Å². The van der Waals surface area contributed by atoms with E-state index in [-0.39, 0.29) is 6.04 Å². The van der Waals surface area contributed by atoms with Crippen molar-refractivity contribution in [2.45, 2.75) is 12.5 Å². The van der Waals surface area contributed by atoms with Gasteiger partial charge in [-0.3, -0.25) is 9.11 Å². The van der Waals surface area contributed by atoms with E-state index >= 15 is 0 Å². The Morgan fingerprint density at radius 3 is 2.17 bits per heavy atom. The van der Waals surface area contributed by atoms with Gasteiger partial charge in [-0.1, -0.05) is 54.1 Å². The van der Waals surface area contributed by atoms with Crippen LogP contribution < -0.4 is 13.9 Å². The van der Waals surface area contributed by atoms with E-state index in [0.29, 0.717) is 10.7 Å². The van der Waals surface area contributed by atoms with Crippen molar-refractivity contribution < 1.29 is 9.11 Å². The number of hydrogen-bond donors (Lipinski definition) is 3. The molecule has 0 aliphatic carbocycles. The van der Waals surface area contributed by atoms with Crippen molar-refractivity contribution in [1.82, 2.24) is 5.32 Å². The lowest BCUT2D eigenvalue weighted by Gasteiger charge is -2.47. The second-order valence-corrected chi connectivity index (χ2v) is 9.07. The first-order valence-electron chi connectivity index (χ1n) is 9.46. The summed E-state index contributed by atoms with van der Waals surface area (Å²) in [4.78, 5) is 0.